The first kappa shape index (κ1) is 12.3. The van der Waals surface area contributed by atoms with Gasteiger partial charge in [0.05, 0.1) is 5.75 Å². The molecule has 0 aliphatic rings. The van der Waals surface area contributed by atoms with E-state index < -0.39 is 12.0 Å². The van der Waals surface area contributed by atoms with E-state index in [1.807, 2.05) is 6.92 Å². The molecule has 0 aromatic heterocycles. The molecule has 0 aliphatic heterocycles. The number of hydrogen-bond donors (Lipinski definition) is 2. The Kier molecular flexibility index (Phi) is 7.56. The predicted octanol–water partition coefficient (Wildman–Crippen LogP) is 0.806. The van der Waals surface area contributed by atoms with Gasteiger partial charge in [0.2, 0.25) is 0 Å². The third-order valence-corrected chi connectivity index (χ3v) is 2.39. The van der Waals surface area contributed by atoms with Crippen LogP contribution in [-0.2, 0) is 4.79 Å². The molecule has 13 heavy (non-hydrogen) atoms. The Morgan fingerprint density at radius 2 is 2.46 bits per heavy atom. The third kappa shape index (κ3) is 6.50. The van der Waals surface area contributed by atoms with E-state index in [0.717, 1.165) is 5.75 Å². The van der Waals surface area contributed by atoms with E-state index in [4.69, 9.17) is 11.5 Å². The van der Waals surface area contributed by atoms with E-state index in [9.17, 15) is 4.79 Å². The van der Waals surface area contributed by atoms with Gasteiger partial charge in [0.1, 0.15) is 6.04 Å². The van der Waals surface area contributed by atoms with E-state index in [-0.39, 0.29) is 0 Å². The quantitative estimate of drug-likeness (QED) is 0.472. The second-order valence-corrected chi connectivity index (χ2v) is 3.62. The molecule has 74 valence electrons. The molecule has 0 saturated heterocycles. The zero-order valence-corrected chi connectivity index (χ0v) is 8.56. The number of thioether (sulfide) groups is 1. The monoisotopic (exact) mass is 201 g/mol. The number of rotatable bonds is 7. The zero-order valence-electron chi connectivity index (χ0n) is 7.75. The molecule has 0 radical (unpaired) electrons. The molecule has 0 aromatic rings. The number of aliphatic carboxylic acids is 1. The smallest absolute Gasteiger partial charge is 0.320 e. The van der Waals surface area contributed by atoms with Crippen molar-refractivity contribution in [2.75, 3.05) is 18.1 Å². The van der Waals surface area contributed by atoms with Gasteiger partial charge in [-0.05, 0) is 6.42 Å². The van der Waals surface area contributed by atoms with Crippen LogP contribution in [0.5, 0.6) is 0 Å². The Bertz CT molecular complexity index is 189. The fraction of sp³-hybridized carbons (Fsp3) is 0.667. The number of carbonyl (C=O) groups is 1. The van der Waals surface area contributed by atoms with Crippen LogP contribution in [0.1, 0.15) is 13.3 Å². The molecule has 0 spiro atoms. The molecule has 0 heterocycles. The van der Waals surface area contributed by atoms with Crippen molar-refractivity contribution in [3.05, 3.63) is 0 Å². The predicted molar refractivity (Wildman–Crippen MR) is 55.9 cm³/mol. The van der Waals surface area contributed by atoms with Crippen LogP contribution in [0.3, 0.4) is 0 Å². The van der Waals surface area contributed by atoms with Crippen molar-refractivity contribution in [1.82, 2.24) is 5.32 Å². The molecule has 0 amide bonds. The molecule has 0 aromatic carbocycles. The molecule has 4 heteroatoms. The topological polar surface area (TPSA) is 49.3 Å². The SMILES string of the molecule is C#CCSCCNC(CC)C(=O)O. The van der Waals surface area contributed by atoms with Gasteiger partial charge >= 0.3 is 5.97 Å². The van der Waals surface area contributed by atoms with Crippen molar-refractivity contribution in [3.8, 4) is 12.3 Å². The summed E-state index contributed by atoms with van der Waals surface area (Å²) in [6.45, 7) is 2.54. The second-order valence-electron chi connectivity index (χ2n) is 2.51. The Balaban J connectivity index is 3.40. The highest BCUT2D eigenvalue weighted by Gasteiger charge is 2.12. The summed E-state index contributed by atoms with van der Waals surface area (Å²) in [7, 11) is 0. The van der Waals surface area contributed by atoms with E-state index in [1.165, 1.54) is 0 Å². The number of hydrogen-bond acceptors (Lipinski definition) is 3. The highest BCUT2D eigenvalue weighted by molar-refractivity contribution is 7.99. The van der Waals surface area contributed by atoms with Crippen LogP contribution in [0.4, 0.5) is 0 Å². The molecule has 1 unspecified atom stereocenters. The highest BCUT2D eigenvalue weighted by Crippen LogP contribution is 1.97. The lowest BCUT2D eigenvalue weighted by Crippen LogP contribution is -2.37. The second kappa shape index (κ2) is 7.96. The van der Waals surface area contributed by atoms with Gasteiger partial charge in [0.25, 0.3) is 0 Å². The molecule has 2 N–H and O–H groups in total. The van der Waals surface area contributed by atoms with Crippen molar-refractivity contribution in [1.29, 1.82) is 0 Å². The molecular formula is C9H15NO2S. The standard InChI is InChI=1S/C9H15NO2S/c1-3-6-13-7-5-10-8(4-2)9(11)12/h1,8,10H,4-7H2,2H3,(H,11,12). The van der Waals surface area contributed by atoms with E-state index in [1.54, 1.807) is 11.8 Å². The van der Waals surface area contributed by atoms with Crippen LogP contribution >= 0.6 is 11.8 Å². The van der Waals surface area contributed by atoms with Gasteiger partial charge in [-0.25, -0.2) is 0 Å². The molecule has 0 aliphatic carbocycles. The first-order valence-corrected chi connectivity index (χ1v) is 5.35. The third-order valence-electron chi connectivity index (χ3n) is 1.53. The van der Waals surface area contributed by atoms with Gasteiger partial charge in [0, 0.05) is 12.3 Å². The maximum Gasteiger partial charge on any atom is 0.320 e. The molecule has 0 fully saturated rings. The molecular weight excluding hydrogens is 186 g/mol. The van der Waals surface area contributed by atoms with Crippen LogP contribution in [0.25, 0.3) is 0 Å². The van der Waals surface area contributed by atoms with Crippen molar-refractivity contribution in [2.45, 2.75) is 19.4 Å². The lowest BCUT2D eigenvalue weighted by Gasteiger charge is -2.10. The fourth-order valence-corrected chi connectivity index (χ4v) is 1.37. The molecule has 0 bridgehead atoms. The lowest BCUT2D eigenvalue weighted by molar-refractivity contribution is -0.139. The van der Waals surface area contributed by atoms with E-state index in [2.05, 4.69) is 11.2 Å². The van der Waals surface area contributed by atoms with Crippen molar-refractivity contribution in [2.24, 2.45) is 0 Å². The van der Waals surface area contributed by atoms with Gasteiger partial charge in [-0.3, -0.25) is 4.79 Å². The fourth-order valence-electron chi connectivity index (χ4n) is 0.843. The lowest BCUT2D eigenvalue weighted by atomic mass is 10.2. The van der Waals surface area contributed by atoms with Gasteiger partial charge in [-0.2, -0.15) is 0 Å². The molecule has 0 saturated carbocycles. The summed E-state index contributed by atoms with van der Waals surface area (Å²) in [5, 5.41) is 11.6. The van der Waals surface area contributed by atoms with Gasteiger partial charge in [-0.15, -0.1) is 18.2 Å². The van der Waals surface area contributed by atoms with Crippen LogP contribution in [-0.4, -0.2) is 35.2 Å². The van der Waals surface area contributed by atoms with Crippen molar-refractivity contribution in [3.63, 3.8) is 0 Å². The van der Waals surface area contributed by atoms with E-state index in [0.29, 0.717) is 18.7 Å². The van der Waals surface area contributed by atoms with Crippen LogP contribution in [0.15, 0.2) is 0 Å². The van der Waals surface area contributed by atoms with Crippen molar-refractivity contribution < 1.29 is 9.90 Å². The van der Waals surface area contributed by atoms with Gasteiger partial charge in [-0.1, -0.05) is 12.8 Å². The molecule has 0 rings (SSSR count). The van der Waals surface area contributed by atoms with Crippen LogP contribution in [0.2, 0.25) is 0 Å². The van der Waals surface area contributed by atoms with Gasteiger partial charge in [0.15, 0.2) is 0 Å². The number of terminal acetylenes is 1. The minimum absolute atomic E-state index is 0.425. The average molecular weight is 201 g/mol. The molecule has 3 nitrogen and oxygen atoms in total. The summed E-state index contributed by atoms with van der Waals surface area (Å²) in [5.41, 5.74) is 0. The van der Waals surface area contributed by atoms with Crippen molar-refractivity contribution >= 4 is 17.7 Å². The first-order valence-electron chi connectivity index (χ1n) is 4.19. The minimum Gasteiger partial charge on any atom is -0.480 e. The Hall–Kier alpha value is -0.660. The number of carboxylic acid groups (broad SMARTS) is 1. The molecule has 1 atom stereocenters. The Morgan fingerprint density at radius 3 is 2.92 bits per heavy atom. The summed E-state index contributed by atoms with van der Waals surface area (Å²) in [6.07, 6.45) is 5.67. The summed E-state index contributed by atoms with van der Waals surface area (Å²) in [5.74, 6) is 3.27. The Labute approximate surface area is 83.3 Å². The van der Waals surface area contributed by atoms with E-state index >= 15 is 0 Å². The Morgan fingerprint density at radius 1 is 1.77 bits per heavy atom. The number of carboxylic acids is 1. The minimum atomic E-state index is -0.788. The summed E-state index contributed by atoms with van der Waals surface area (Å²) in [6, 6.07) is -0.425. The highest BCUT2D eigenvalue weighted by atomic mass is 32.2. The summed E-state index contributed by atoms with van der Waals surface area (Å²) < 4.78 is 0. The normalized spacial score (nSPS) is 12.0. The summed E-state index contributed by atoms with van der Waals surface area (Å²) in [4.78, 5) is 10.5. The number of nitrogens with one attached hydrogen (secondary N) is 1. The summed E-state index contributed by atoms with van der Waals surface area (Å²) >= 11 is 1.63. The van der Waals surface area contributed by atoms with Crippen LogP contribution in [0, 0.1) is 12.3 Å². The maximum absolute atomic E-state index is 10.5. The van der Waals surface area contributed by atoms with Gasteiger partial charge < -0.3 is 10.4 Å². The first-order chi connectivity index (χ1) is 6.22. The zero-order chi connectivity index (χ0) is 10.1. The largest absolute Gasteiger partial charge is 0.480 e. The average Bonchev–Trinajstić information content (AvgIpc) is 2.10. The van der Waals surface area contributed by atoms with Crippen LogP contribution < -0.4 is 5.32 Å². The maximum atomic E-state index is 10.5.